The molecule has 0 spiro atoms. The largest absolute Gasteiger partial charge is 0.497 e. The van der Waals surface area contributed by atoms with Crippen LogP contribution in [0.5, 0.6) is 5.75 Å². The maximum absolute atomic E-state index is 5.19. The fourth-order valence-corrected chi connectivity index (χ4v) is 2.93. The molecule has 1 aliphatic heterocycles. The molecule has 2 nitrogen and oxygen atoms in total. The van der Waals surface area contributed by atoms with Crippen molar-refractivity contribution in [3.05, 3.63) is 83.4 Å². The quantitative estimate of drug-likeness (QED) is 0.722. The van der Waals surface area contributed by atoms with E-state index in [-0.39, 0.29) is 12.4 Å². The van der Waals surface area contributed by atoms with Gasteiger partial charge < -0.3 is 4.74 Å². The van der Waals surface area contributed by atoms with Crippen molar-refractivity contribution in [1.29, 1.82) is 0 Å². The van der Waals surface area contributed by atoms with Crippen LogP contribution in [0.25, 0.3) is 6.08 Å². The lowest BCUT2D eigenvalue weighted by molar-refractivity contribution is 0.299. The lowest BCUT2D eigenvalue weighted by Crippen LogP contribution is -2.30. The van der Waals surface area contributed by atoms with Gasteiger partial charge in [-0.1, -0.05) is 60.7 Å². The highest BCUT2D eigenvalue weighted by Crippen LogP contribution is 2.16. The highest BCUT2D eigenvalue weighted by molar-refractivity contribution is 5.85. The van der Waals surface area contributed by atoms with E-state index in [1.165, 1.54) is 16.7 Å². The minimum Gasteiger partial charge on any atom is -0.497 e. The lowest BCUT2D eigenvalue weighted by Gasteiger charge is -2.25. The number of rotatable bonds is 6. The van der Waals surface area contributed by atoms with E-state index in [0.29, 0.717) is 0 Å². The molecular formula is C22H26ClNO. The molecule has 25 heavy (non-hydrogen) atoms. The van der Waals surface area contributed by atoms with E-state index >= 15 is 0 Å². The Morgan fingerprint density at radius 3 is 2.40 bits per heavy atom. The number of hydrogen-bond acceptors (Lipinski definition) is 2. The van der Waals surface area contributed by atoms with Crippen LogP contribution in [0.1, 0.15) is 17.5 Å². The minimum atomic E-state index is 0. The summed E-state index contributed by atoms with van der Waals surface area (Å²) in [5.74, 6) is 0.901. The maximum Gasteiger partial charge on any atom is 0.118 e. The third kappa shape index (κ3) is 6.08. The van der Waals surface area contributed by atoms with Crippen LogP contribution in [0.4, 0.5) is 0 Å². The molecule has 0 aromatic heterocycles. The molecule has 0 saturated heterocycles. The topological polar surface area (TPSA) is 12.5 Å². The highest BCUT2D eigenvalue weighted by Gasteiger charge is 2.09. The average molecular weight is 356 g/mol. The molecule has 0 radical (unpaired) electrons. The van der Waals surface area contributed by atoms with E-state index in [4.69, 9.17) is 4.74 Å². The molecule has 0 amide bonds. The maximum atomic E-state index is 5.19. The fraction of sp³-hybridized carbons (Fsp3) is 0.273. The Kier molecular flexibility index (Phi) is 7.77. The summed E-state index contributed by atoms with van der Waals surface area (Å²) in [7, 11) is 1.70. The lowest BCUT2D eigenvalue weighted by atomic mass is 10.1. The van der Waals surface area contributed by atoms with Gasteiger partial charge in [-0.25, -0.2) is 0 Å². The van der Waals surface area contributed by atoms with E-state index < -0.39 is 0 Å². The molecule has 132 valence electrons. The standard InChI is InChI=1S/C22H25NO.ClH/c1-24-22-11-9-20(10-12-22)7-8-21-14-17-23(18-15-21)16-13-19-5-3-2-4-6-19;/h2-12,14H,13,15-18H2,1H3;1H. The molecule has 3 rings (SSSR count). The number of hydrogen-bond donors (Lipinski definition) is 0. The van der Waals surface area contributed by atoms with Gasteiger partial charge in [0.15, 0.2) is 0 Å². The number of methoxy groups -OCH3 is 1. The van der Waals surface area contributed by atoms with Crippen LogP contribution in [-0.4, -0.2) is 31.6 Å². The molecule has 3 heteroatoms. The van der Waals surface area contributed by atoms with Crippen LogP contribution in [0, 0.1) is 0 Å². The highest BCUT2D eigenvalue weighted by atomic mass is 35.5. The first-order valence-corrected chi connectivity index (χ1v) is 8.61. The van der Waals surface area contributed by atoms with Crippen LogP contribution in [-0.2, 0) is 6.42 Å². The molecule has 0 fully saturated rings. The van der Waals surface area contributed by atoms with Gasteiger partial charge in [0.05, 0.1) is 7.11 Å². The molecule has 0 aliphatic carbocycles. The molecule has 1 aliphatic rings. The number of allylic oxidation sites excluding steroid dienone is 1. The first-order chi connectivity index (χ1) is 11.8. The van der Waals surface area contributed by atoms with Crippen molar-refractivity contribution >= 4 is 18.5 Å². The second-order valence-corrected chi connectivity index (χ2v) is 6.17. The van der Waals surface area contributed by atoms with Gasteiger partial charge in [0, 0.05) is 19.6 Å². The van der Waals surface area contributed by atoms with Crippen molar-refractivity contribution in [3.8, 4) is 5.75 Å². The van der Waals surface area contributed by atoms with Gasteiger partial charge in [0.25, 0.3) is 0 Å². The second kappa shape index (κ2) is 10.1. The summed E-state index contributed by atoms with van der Waals surface area (Å²) in [4.78, 5) is 2.53. The summed E-state index contributed by atoms with van der Waals surface area (Å²) in [6, 6.07) is 18.9. The Labute approximate surface area is 157 Å². The number of benzene rings is 2. The van der Waals surface area contributed by atoms with E-state index in [2.05, 4.69) is 65.6 Å². The van der Waals surface area contributed by atoms with Gasteiger partial charge in [-0.05, 0) is 41.7 Å². The molecule has 1 heterocycles. The second-order valence-electron chi connectivity index (χ2n) is 6.17. The number of ether oxygens (including phenoxy) is 1. The van der Waals surface area contributed by atoms with E-state index in [9.17, 15) is 0 Å². The first kappa shape index (κ1) is 19.3. The first-order valence-electron chi connectivity index (χ1n) is 8.61. The summed E-state index contributed by atoms with van der Waals surface area (Å²) in [5, 5.41) is 0. The van der Waals surface area contributed by atoms with Gasteiger partial charge in [-0.2, -0.15) is 0 Å². The average Bonchev–Trinajstić information content (AvgIpc) is 2.67. The predicted octanol–water partition coefficient (Wildman–Crippen LogP) is 5.01. The van der Waals surface area contributed by atoms with Gasteiger partial charge in [0.2, 0.25) is 0 Å². The zero-order valence-electron chi connectivity index (χ0n) is 14.7. The zero-order chi connectivity index (χ0) is 16.6. The van der Waals surface area contributed by atoms with Crippen molar-refractivity contribution in [1.82, 2.24) is 4.90 Å². The summed E-state index contributed by atoms with van der Waals surface area (Å²) >= 11 is 0. The smallest absolute Gasteiger partial charge is 0.118 e. The third-order valence-electron chi connectivity index (χ3n) is 4.49. The monoisotopic (exact) mass is 355 g/mol. The Morgan fingerprint density at radius 1 is 1.00 bits per heavy atom. The summed E-state index contributed by atoms with van der Waals surface area (Å²) in [5.41, 5.74) is 4.07. The summed E-state index contributed by atoms with van der Waals surface area (Å²) in [6.45, 7) is 3.33. The number of nitrogens with zero attached hydrogens (tertiary/aromatic N) is 1. The Morgan fingerprint density at radius 2 is 1.76 bits per heavy atom. The summed E-state index contributed by atoms with van der Waals surface area (Å²) in [6.07, 6.45) is 9.04. The molecule has 2 aromatic carbocycles. The van der Waals surface area contributed by atoms with Crippen LogP contribution >= 0.6 is 12.4 Å². The molecule has 0 unspecified atom stereocenters. The van der Waals surface area contributed by atoms with Crippen molar-refractivity contribution in [2.75, 3.05) is 26.7 Å². The Hall–Kier alpha value is -2.03. The summed E-state index contributed by atoms with van der Waals surface area (Å²) < 4.78 is 5.19. The Balaban J connectivity index is 0.00000225. The molecule has 0 N–H and O–H groups in total. The molecular weight excluding hydrogens is 330 g/mol. The molecule has 0 bridgehead atoms. The van der Waals surface area contributed by atoms with Gasteiger partial charge >= 0.3 is 0 Å². The van der Waals surface area contributed by atoms with E-state index in [1.54, 1.807) is 7.11 Å². The van der Waals surface area contributed by atoms with Gasteiger partial charge in [-0.3, -0.25) is 4.90 Å². The van der Waals surface area contributed by atoms with Gasteiger partial charge in [0.1, 0.15) is 5.75 Å². The normalized spacial score (nSPS) is 14.8. The zero-order valence-corrected chi connectivity index (χ0v) is 15.5. The van der Waals surface area contributed by atoms with Crippen molar-refractivity contribution in [3.63, 3.8) is 0 Å². The van der Waals surface area contributed by atoms with Crippen molar-refractivity contribution in [2.24, 2.45) is 0 Å². The minimum absolute atomic E-state index is 0. The number of halogens is 1. The predicted molar refractivity (Wildman–Crippen MR) is 109 cm³/mol. The van der Waals surface area contributed by atoms with Crippen molar-refractivity contribution in [2.45, 2.75) is 12.8 Å². The van der Waals surface area contributed by atoms with Crippen LogP contribution in [0.3, 0.4) is 0 Å². The fourth-order valence-electron chi connectivity index (χ4n) is 2.93. The van der Waals surface area contributed by atoms with Gasteiger partial charge in [-0.15, -0.1) is 12.4 Å². The Bertz CT molecular complexity index is 692. The van der Waals surface area contributed by atoms with Crippen LogP contribution in [0.2, 0.25) is 0 Å². The van der Waals surface area contributed by atoms with E-state index in [1.807, 2.05) is 12.1 Å². The van der Waals surface area contributed by atoms with Crippen molar-refractivity contribution < 1.29 is 4.74 Å². The molecule has 2 aromatic rings. The molecule has 0 saturated carbocycles. The molecule has 0 atom stereocenters. The van der Waals surface area contributed by atoms with E-state index in [0.717, 1.165) is 38.2 Å². The third-order valence-corrected chi connectivity index (χ3v) is 4.49. The van der Waals surface area contributed by atoms with Crippen LogP contribution < -0.4 is 4.74 Å². The SMILES string of the molecule is COc1ccc(C=CC2=CCN(CCc3ccccc3)CC2)cc1.Cl. The van der Waals surface area contributed by atoms with Crippen LogP contribution in [0.15, 0.2) is 72.3 Å².